The van der Waals surface area contributed by atoms with E-state index in [0.717, 1.165) is 43.2 Å². The molecule has 1 unspecified atom stereocenters. The number of carbonyl (C=O) groups is 2. The smallest absolute Gasteiger partial charge is 0.295 e. The van der Waals surface area contributed by atoms with Gasteiger partial charge in [0.05, 0.1) is 25.8 Å². The molecule has 2 fully saturated rings. The molecule has 1 aliphatic carbocycles. The topological polar surface area (TPSA) is 76.1 Å². The van der Waals surface area contributed by atoms with Crippen molar-refractivity contribution in [2.45, 2.75) is 58.0 Å². The van der Waals surface area contributed by atoms with Gasteiger partial charge in [0.15, 0.2) is 0 Å². The van der Waals surface area contributed by atoms with E-state index in [4.69, 9.17) is 9.47 Å². The van der Waals surface area contributed by atoms with Crippen molar-refractivity contribution in [2.75, 3.05) is 14.2 Å². The number of carbonyl (C=O) groups excluding carboxylic acids is 2. The number of aliphatic hydroxyl groups is 1. The van der Waals surface area contributed by atoms with Crippen molar-refractivity contribution in [3.05, 3.63) is 64.2 Å². The first-order valence-electron chi connectivity index (χ1n) is 11.5. The molecule has 6 nitrogen and oxygen atoms in total. The second-order valence-electron chi connectivity index (χ2n) is 8.88. The predicted octanol–water partition coefficient (Wildman–Crippen LogP) is 5.08. The number of para-hydroxylation sites is 1. The number of ether oxygens (including phenoxy) is 2. The van der Waals surface area contributed by atoms with Crippen molar-refractivity contribution in [1.82, 2.24) is 4.90 Å². The Bertz CT molecular complexity index is 1110. The standard InChI is InChI=1S/C27H31NO5/c1-16-15-22(33-4)17(2)14-20(16)25(29)23-24(19-12-8-9-13-21(19)32-3)28(27(31)26(23)30)18-10-6-5-7-11-18/h8-9,12-15,18,24,29H,5-7,10-11H2,1-4H3/b25-23+. The molecule has 0 bridgehead atoms. The van der Waals surface area contributed by atoms with Gasteiger partial charge in [0, 0.05) is 17.2 Å². The molecule has 33 heavy (non-hydrogen) atoms. The lowest BCUT2D eigenvalue weighted by Crippen LogP contribution is -2.40. The van der Waals surface area contributed by atoms with Gasteiger partial charge in [0.25, 0.3) is 11.7 Å². The minimum absolute atomic E-state index is 0.0471. The maximum absolute atomic E-state index is 13.4. The minimum Gasteiger partial charge on any atom is -0.507 e. The van der Waals surface area contributed by atoms with Gasteiger partial charge in [-0.2, -0.15) is 0 Å². The van der Waals surface area contributed by atoms with Gasteiger partial charge >= 0.3 is 0 Å². The number of likely N-dealkylation sites (tertiary alicyclic amines) is 1. The maximum Gasteiger partial charge on any atom is 0.295 e. The molecule has 1 N–H and O–H groups in total. The fourth-order valence-electron chi connectivity index (χ4n) is 5.19. The Hall–Kier alpha value is -3.28. The summed E-state index contributed by atoms with van der Waals surface area (Å²) in [7, 11) is 3.17. The number of hydrogen-bond acceptors (Lipinski definition) is 5. The van der Waals surface area contributed by atoms with Gasteiger partial charge in [-0.25, -0.2) is 0 Å². The molecule has 1 heterocycles. The Kier molecular flexibility index (Phi) is 6.45. The zero-order valence-corrected chi connectivity index (χ0v) is 19.7. The van der Waals surface area contributed by atoms with Gasteiger partial charge in [-0.3, -0.25) is 9.59 Å². The summed E-state index contributed by atoms with van der Waals surface area (Å²) < 4.78 is 11.0. The summed E-state index contributed by atoms with van der Waals surface area (Å²) >= 11 is 0. The number of benzene rings is 2. The van der Waals surface area contributed by atoms with Crippen LogP contribution >= 0.6 is 0 Å². The molecule has 1 saturated heterocycles. The number of rotatable bonds is 5. The zero-order chi connectivity index (χ0) is 23.7. The van der Waals surface area contributed by atoms with Crippen LogP contribution < -0.4 is 9.47 Å². The van der Waals surface area contributed by atoms with Gasteiger partial charge in [0.1, 0.15) is 17.3 Å². The Labute approximate surface area is 194 Å². The van der Waals surface area contributed by atoms with E-state index in [1.807, 2.05) is 44.2 Å². The fourth-order valence-corrected chi connectivity index (χ4v) is 5.19. The minimum atomic E-state index is -0.703. The van der Waals surface area contributed by atoms with E-state index in [9.17, 15) is 14.7 Å². The lowest BCUT2D eigenvalue weighted by Gasteiger charge is -2.35. The van der Waals surface area contributed by atoms with Crippen LogP contribution in [0.2, 0.25) is 0 Å². The summed E-state index contributed by atoms with van der Waals surface area (Å²) in [5.74, 6) is -0.0818. The van der Waals surface area contributed by atoms with Gasteiger partial charge in [-0.1, -0.05) is 37.5 Å². The molecule has 174 valence electrons. The average molecular weight is 450 g/mol. The zero-order valence-electron chi connectivity index (χ0n) is 19.7. The van der Waals surface area contributed by atoms with Crippen LogP contribution in [0.25, 0.3) is 5.76 Å². The number of methoxy groups -OCH3 is 2. The molecule has 2 aromatic rings. The van der Waals surface area contributed by atoms with Gasteiger partial charge in [-0.05, 0) is 56.0 Å². The van der Waals surface area contributed by atoms with Crippen LogP contribution in [-0.4, -0.2) is 42.0 Å². The highest BCUT2D eigenvalue weighted by molar-refractivity contribution is 6.46. The van der Waals surface area contributed by atoms with Crippen molar-refractivity contribution < 1.29 is 24.2 Å². The van der Waals surface area contributed by atoms with Gasteiger partial charge in [0.2, 0.25) is 0 Å². The summed E-state index contributed by atoms with van der Waals surface area (Å²) in [6.45, 7) is 3.74. The molecule has 0 aromatic heterocycles. The van der Waals surface area contributed by atoms with Crippen molar-refractivity contribution in [3.8, 4) is 11.5 Å². The Balaban J connectivity index is 1.94. The number of nitrogens with zero attached hydrogens (tertiary/aromatic N) is 1. The Morgan fingerprint density at radius 2 is 1.61 bits per heavy atom. The van der Waals surface area contributed by atoms with Crippen LogP contribution in [0.4, 0.5) is 0 Å². The van der Waals surface area contributed by atoms with Gasteiger partial charge in [-0.15, -0.1) is 0 Å². The molecular formula is C27H31NO5. The molecule has 1 aliphatic heterocycles. The second-order valence-corrected chi connectivity index (χ2v) is 8.88. The quantitative estimate of drug-likeness (QED) is 0.392. The molecule has 6 heteroatoms. The Morgan fingerprint density at radius 1 is 0.939 bits per heavy atom. The molecule has 2 aliphatic rings. The van der Waals surface area contributed by atoms with Crippen molar-refractivity contribution >= 4 is 17.4 Å². The van der Waals surface area contributed by atoms with E-state index in [1.54, 1.807) is 25.2 Å². The number of amides is 1. The lowest BCUT2D eigenvalue weighted by atomic mass is 9.90. The fraction of sp³-hybridized carbons (Fsp3) is 0.407. The number of ketones is 1. The van der Waals surface area contributed by atoms with E-state index < -0.39 is 17.7 Å². The normalized spacial score (nSPS) is 20.8. The first kappa shape index (κ1) is 22.9. The molecule has 0 spiro atoms. The summed E-state index contributed by atoms with van der Waals surface area (Å²) in [6.07, 6.45) is 4.86. The van der Waals surface area contributed by atoms with Crippen molar-refractivity contribution in [1.29, 1.82) is 0 Å². The number of aliphatic hydroxyl groups excluding tert-OH is 1. The van der Waals surface area contributed by atoms with E-state index in [2.05, 4.69) is 0 Å². The van der Waals surface area contributed by atoms with Crippen molar-refractivity contribution in [3.63, 3.8) is 0 Å². The second kappa shape index (κ2) is 9.30. The third kappa shape index (κ3) is 3.99. The molecule has 1 saturated carbocycles. The number of hydrogen-bond donors (Lipinski definition) is 1. The molecule has 1 atom stereocenters. The molecule has 1 amide bonds. The average Bonchev–Trinajstić information content (AvgIpc) is 3.10. The summed E-state index contributed by atoms with van der Waals surface area (Å²) in [5, 5.41) is 11.5. The first-order valence-corrected chi connectivity index (χ1v) is 11.5. The highest BCUT2D eigenvalue weighted by Crippen LogP contribution is 2.46. The van der Waals surface area contributed by atoms with Crippen LogP contribution in [0.5, 0.6) is 11.5 Å². The number of Topliss-reactive ketones (excluding diaryl/α,β-unsaturated/α-hetero) is 1. The summed E-state index contributed by atoms with van der Waals surface area (Å²) in [4.78, 5) is 28.4. The highest BCUT2D eigenvalue weighted by Gasteiger charge is 2.49. The van der Waals surface area contributed by atoms with Crippen LogP contribution in [0, 0.1) is 13.8 Å². The maximum atomic E-state index is 13.4. The lowest BCUT2D eigenvalue weighted by molar-refractivity contribution is -0.141. The molecule has 2 aromatic carbocycles. The first-order chi connectivity index (χ1) is 15.9. The van der Waals surface area contributed by atoms with E-state index >= 15 is 0 Å². The largest absolute Gasteiger partial charge is 0.507 e. The van der Waals surface area contributed by atoms with E-state index in [0.29, 0.717) is 22.6 Å². The molecular weight excluding hydrogens is 418 g/mol. The predicted molar refractivity (Wildman–Crippen MR) is 126 cm³/mol. The van der Waals surface area contributed by atoms with E-state index in [-0.39, 0.29) is 17.4 Å². The van der Waals surface area contributed by atoms with E-state index in [1.165, 1.54) is 0 Å². The summed E-state index contributed by atoms with van der Waals surface area (Å²) in [5.41, 5.74) is 2.93. The van der Waals surface area contributed by atoms with Crippen LogP contribution in [0.15, 0.2) is 42.0 Å². The van der Waals surface area contributed by atoms with Gasteiger partial charge < -0.3 is 19.5 Å². The van der Waals surface area contributed by atoms with Crippen LogP contribution in [0.3, 0.4) is 0 Å². The third-order valence-corrected chi connectivity index (χ3v) is 6.88. The summed E-state index contributed by atoms with van der Waals surface area (Å²) in [6, 6.07) is 10.3. The Morgan fingerprint density at radius 3 is 2.27 bits per heavy atom. The van der Waals surface area contributed by atoms with Crippen molar-refractivity contribution in [2.24, 2.45) is 0 Å². The molecule has 4 rings (SSSR count). The molecule has 0 radical (unpaired) electrons. The van der Waals surface area contributed by atoms with Crippen LogP contribution in [-0.2, 0) is 9.59 Å². The SMILES string of the molecule is COc1cc(C)c(/C(O)=C2\C(=O)C(=O)N(C3CCCCC3)C2c2ccccc2OC)cc1C. The third-order valence-electron chi connectivity index (χ3n) is 6.88. The highest BCUT2D eigenvalue weighted by atomic mass is 16.5. The number of aryl methyl sites for hydroxylation is 2. The van der Waals surface area contributed by atoms with Crippen LogP contribution in [0.1, 0.15) is 60.4 Å². The monoisotopic (exact) mass is 449 g/mol.